The van der Waals surface area contributed by atoms with Gasteiger partial charge in [-0.2, -0.15) is 0 Å². The number of likely N-dealkylation sites (tertiary alicyclic amines) is 1. The van der Waals surface area contributed by atoms with Crippen LogP contribution in [0.2, 0.25) is 0 Å². The van der Waals surface area contributed by atoms with Crippen LogP contribution in [0.25, 0.3) is 0 Å². The third kappa shape index (κ3) is 6.38. The summed E-state index contributed by atoms with van der Waals surface area (Å²) in [7, 11) is -3.65. The first-order valence-corrected chi connectivity index (χ1v) is 11.3. The van der Waals surface area contributed by atoms with E-state index in [0.717, 1.165) is 5.69 Å². The van der Waals surface area contributed by atoms with E-state index in [0.29, 0.717) is 31.6 Å². The molecule has 2 aromatic rings. The van der Waals surface area contributed by atoms with Crippen molar-refractivity contribution in [3.05, 3.63) is 54.6 Å². The topological polar surface area (TPSA) is 108 Å². The number of hydrogen-bond acceptors (Lipinski definition) is 5. The largest absolute Gasteiger partial charge is 0.326 e. The monoisotopic (exact) mass is 430 g/mol. The molecule has 0 aliphatic carbocycles. The fourth-order valence-corrected chi connectivity index (χ4v) is 4.65. The smallest absolute Gasteiger partial charge is 0.240 e. The predicted octanol–water partition coefficient (Wildman–Crippen LogP) is 2.03. The highest BCUT2D eigenvalue weighted by Gasteiger charge is 2.25. The van der Waals surface area contributed by atoms with Gasteiger partial charge >= 0.3 is 0 Å². The normalized spacial score (nSPS) is 15.5. The van der Waals surface area contributed by atoms with Gasteiger partial charge in [0.05, 0.1) is 11.4 Å². The zero-order valence-corrected chi connectivity index (χ0v) is 17.6. The minimum Gasteiger partial charge on any atom is -0.326 e. The van der Waals surface area contributed by atoms with Crippen LogP contribution in [0.4, 0.5) is 11.4 Å². The molecule has 1 aliphatic rings. The third-order valence-corrected chi connectivity index (χ3v) is 6.36. The Labute approximate surface area is 176 Å². The van der Waals surface area contributed by atoms with E-state index in [9.17, 15) is 18.0 Å². The maximum atomic E-state index is 12.6. The van der Waals surface area contributed by atoms with E-state index in [-0.39, 0.29) is 29.3 Å². The van der Waals surface area contributed by atoms with Crippen LogP contribution in [-0.2, 0) is 19.6 Å². The summed E-state index contributed by atoms with van der Waals surface area (Å²) in [5.41, 5.74) is 1.30. The molecule has 9 heteroatoms. The minimum atomic E-state index is -3.65. The molecular formula is C21H26N4O4S. The molecule has 0 unspecified atom stereocenters. The number of carbonyl (C=O) groups is 2. The molecule has 0 atom stereocenters. The number of piperidine rings is 1. The molecule has 0 radical (unpaired) electrons. The molecule has 0 bridgehead atoms. The molecule has 0 aromatic heterocycles. The highest BCUT2D eigenvalue weighted by Crippen LogP contribution is 2.17. The lowest BCUT2D eigenvalue weighted by Crippen LogP contribution is -2.46. The van der Waals surface area contributed by atoms with Crippen molar-refractivity contribution in [1.82, 2.24) is 9.62 Å². The molecule has 30 heavy (non-hydrogen) atoms. The molecule has 2 aromatic carbocycles. The number of hydrogen-bond donors (Lipinski definition) is 3. The number of anilines is 2. The van der Waals surface area contributed by atoms with Gasteiger partial charge in [-0.05, 0) is 49.2 Å². The first kappa shape index (κ1) is 21.9. The van der Waals surface area contributed by atoms with Crippen LogP contribution in [0.15, 0.2) is 59.5 Å². The summed E-state index contributed by atoms with van der Waals surface area (Å²) < 4.78 is 28.0. The molecule has 0 spiro atoms. The highest BCUT2D eigenvalue weighted by atomic mass is 32.2. The van der Waals surface area contributed by atoms with Gasteiger partial charge in [-0.1, -0.05) is 18.2 Å². The summed E-state index contributed by atoms with van der Waals surface area (Å²) >= 11 is 0. The Kier molecular flexibility index (Phi) is 7.20. The number of benzene rings is 2. The molecule has 3 rings (SSSR count). The van der Waals surface area contributed by atoms with Gasteiger partial charge in [0.1, 0.15) is 0 Å². The van der Waals surface area contributed by atoms with Crippen molar-refractivity contribution in [3.63, 3.8) is 0 Å². The van der Waals surface area contributed by atoms with Crippen LogP contribution in [0.3, 0.4) is 0 Å². The fraction of sp³-hybridized carbons (Fsp3) is 0.333. The van der Waals surface area contributed by atoms with E-state index in [1.807, 2.05) is 35.2 Å². The molecule has 0 saturated carbocycles. The van der Waals surface area contributed by atoms with Gasteiger partial charge < -0.3 is 10.6 Å². The zero-order valence-electron chi connectivity index (χ0n) is 16.8. The van der Waals surface area contributed by atoms with Gasteiger partial charge in [0.25, 0.3) is 0 Å². The Morgan fingerprint density at radius 3 is 2.13 bits per heavy atom. The second-order valence-corrected chi connectivity index (χ2v) is 9.01. The van der Waals surface area contributed by atoms with Gasteiger partial charge in [0, 0.05) is 37.4 Å². The highest BCUT2D eigenvalue weighted by molar-refractivity contribution is 7.89. The Balaban J connectivity index is 1.47. The molecule has 1 heterocycles. The lowest BCUT2D eigenvalue weighted by atomic mass is 10.1. The van der Waals surface area contributed by atoms with E-state index in [1.165, 1.54) is 19.1 Å². The maximum absolute atomic E-state index is 12.6. The van der Waals surface area contributed by atoms with E-state index >= 15 is 0 Å². The summed E-state index contributed by atoms with van der Waals surface area (Å²) in [5.74, 6) is -0.299. The Hall–Kier alpha value is -2.75. The molecule has 1 aliphatic heterocycles. The SMILES string of the molecule is CC(=O)Nc1ccc(S(=O)(=O)NC2CCN(CC(=O)Nc3ccccc3)CC2)cc1. The molecule has 2 amide bonds. The molecule has 3 N–H and O–H groups in total. The van der Waals surface area contributed by atoms with Crippen LogP contribution in [0.5, 0.6) is 0 Å². The Morgan fingerprint density at radius 2 is 1.53 bits per heavy atom. The second-order valence-electron chi connectivity index (χ2n) is 7.29. The van der Waals surface area contributed by atoms with Crippen LogP contribution >= 0.6 is 0 Å². The number of amides is 2. The minimum absolute atomic E-state index is 0.0838. The van der Waals surface area contributed by atoms with Gasteiger partial charge in [0.15, 0.2) is 0 Å². The van der Waals surface area contributed by atoms with Crippen molar-refractivity contribution in [2.24, 2.45) is 0 Å². The summed E-state index contributed by atoms with van der Waals surface area (Å²) in [6.07, 6.45) is 1.25. The van der Waals surface area contributed by atoms with Crippen molar-refractivity contribution in [3.8, 4) is 0 Å². The standard InChI is InChI=1S/C21H26N4O4S/c1-16(26)22-18-7-9-20(10-8-18)30(28,29)24-19-11-13-25(14-12-19)15-21(27)23-17-5-3-2-4-6-17/h2-10,19,24H,11-15H2,1H3,(H,22,26)(H,23,27). The Morgan fingerprint density at radius 1 is 0.933 bits per heavy atom. The lowest BCUT2D eigenvalue weighted by Gasteiger charge is -2.31. The van der Waals surface area contributed by atoms with Crippen molar-refractivity contribution >= 4 is 33.2 Å². The van der Waals surface area contributed by atoms with Crippen molar-refractivity contribution < 1.29 is 18.0 Å². The van der Waals surface area contributed by atoms with Crippen LogP contribution in [0, 0.1) is 0 Å². The number of para-hydroxylation sites is 1. The quantitative estimate of drug-likeness (QED) is 0.623. The van der Waals surface area contributed by atoms with Crippen LogP contribution < -0.4 is 15.4 Å². The maximum Gasteiger partial charge on any atom is 0.240 e. The van der Waals surface area contributed by atoms with Gasteiger partial charge in [-0.3, -0.25) is 14.5 Å². The van der Waals surface area contributed by atoms with Gasteiger partial charge in [-0.15, -0.1) is 0 Å². The molecular weight excluding hydrogens is 404 g/mol. The summed E-state index contributed by atoms with van der Waals surface area (Å²) in [6.45, 7) is 2.94. The Bertz CT molecular complexity index is 970. The summed E-state index contributed by atoms with van der Waals surface area (Å²) in [4.78, 5) is 25.4. The number of carbonyl (C=O) groups excluding carboxylic acids is 2. The number of rotatable bonds is 7. The van der Waals surface area contributed by atoms with E-state index < -0.39 is 10.0 Å². The lowest BCUT2D eigenvalue weighted by molar-refractivity contribution is -0.117. The number of nitrogens with one attached hydrogen (secondary N) is 3. The summed E-state index contributed by atoms with van der Waals surface area (Å²) in [6, 6.07) is 15.2. The molecule has 1 saturated heterocycles. The average Bonchev–Trinajstić information content (AvgIpc) is 2.70. The molecule has 160 valence electrons. The van der Waals surface area contributed by atoms with E-state index in [2.05, 4.69) is 15.4 Å². The first-order chi connectivity index (χ1) is 14.3. The second kappa shape index (κ2) is 9.84. The fourth-order valence-electron chi connectivity index (χ4n) is 3.34. The zero-order chi connectivity index (χ0) is 21.6. The first-order valence-electron chi connectivity index (χ1n) is 9.79. The predicted molar refractivity (Wildman–Crippen MR) is 116 cm³/mol. The van der Waals surface area contributed by atoms with Crippen LogP contribution in [0.1, 0.15) is 19.8 Å². The van der Waals surface area contributed by atoms with Gasteiger partial charge in [-0.25, -0.2) is 13.1 Å². The van der Waals surface area contributed by atoms with Crippen molar-refractivity contribution in [1.29, 1.82) is 0 Å². The molecule has 1 fully saturated rings. The van der Waals surface area contributed by atoms with Crippen LogP contribution in [-0.4, -0.2) is 50.8 Å². The molecule has 8 nitrogen and oxygen atoms in total. The van der Waals surface area contributed by atoms with E-state index in [4.69, 9.17) is 0 Å². The number of sulfonamides is 1. The van der Waals surface area contributed by atoms with Crippen molar-refractivity contribution in [2.45, 2.75) is 30.7 Å². The van der Waals surface area contributed by atoms with Crippen molar-refractivity contribution in [2.75, 3.05) is 30.3 Å². The average molecular weight is 431 g/mol. The van der Waals surface area contributed by atoms with E-state index in [1.54, 1.807) is 12.1 Å². The third-order valence-electron chi connectivity index (χ3n) is 4.82. The van der Waals surface area contributed by atoms with Gasteiger partial charge in [0.2, 0.25) is 21.8 Å². The number of nitrogens with zero attached hydrogens (tertiary/aromatic N) is 1. The summed E-state index contributed by atoms with van der Waals surface area (Å²) in [5, 5.41) is 5.47.